The van der Waals surface area contributed by atoms with E-state index in [2.05, 4.69) is 46.8 Å². The molecule has 0 amide bonds. The van der Waals surface area contributed by atoms with Crippen molar-refractivity contribution in [2.75, 3.05) is 5.75 Å². The molecule has 1 atom stereocenters. The van der Waals surface area contributed by atoms with Gasteiger partial charge in [0.05, 0.1) is 17.6 Å². The Morgan fingerprint density at radius 2 is 1.79 bits per heavy atom. The Morgan fingerprint density at radius 1 is 1.12 bits per heavy atom. The molecular formula is C21H30O2S. The van der Waals surface area contributed by atoms with Crippen LogP contribution in [0.4, 0.5) is 0 Å². The number of ketones is 1. The van der Waals surface area contributed by atoms with Gasteiger partial charge < -0.3 is 4.18 Å². The summed E-state index contributed by atoms with van der Waals surface area (Å²) in [6.07, 6.45) is 5.04. The molecule has 1 unspecified atom stereocenters. The van der Waals surface area contributed by atoms with Gasteiger partial charge in [0.15, 0.2) is 5.78 Å². The van der Waals surface area contributed by atoms with Crippen LogP contribution in [-0.2, 0) is 8.98 Å². The molecule has 0 aromatic heterocycles. The lowest BCUT2D eigenvalue weighted by atomic mass is 9.90. The van der Waals surface area contributed by atoms with E-state index in [0.29, 0.717) is 0 Å². The Labute approximate surface area is 151 Å². The van der Waals surface area contributed by atoms with Gasteiger partial charge in [-0.25, -0.2) is 0 Å². The van der Waals surface area contributed by atoms with Gasteiger partial charge in [0.2, 0.25) is 0 Å². The van der Waals surface area contributed by atoms with Crippen LogP contribution in [0.15, 0.2) is 17.9 Å². The second-order valence-electron chi connectivity index (χ2n) is 6.88. The molecular weight excluding hydrogens is 316 g/mol. The molecule has 1 aliphatic rings. The third kappa shape index (κ3) is 4.24. The minimum absolute atomic E-state index is 0.0897. The summed E-state index contributed by atoms with van der Waals surface area (Å²) in [4.78, 5) is 13.0. The zero-order valence-electron chi connectivity index (χ0n) is 15.7. The highest BCUT2D eigenvalue weighted by Gasteiger charge is 2.36. The Hall–Kier alpha value is -1.22. The molecule has 0 saturated carbocycles. The second-order valence-corrected chi connectivity index (χ2v) is 7.70. The monoisotopic (exact) mass is 346 g/mol. The number of benzene rings is 1. The Bertz CT molecular complexity index is 608. The molecule has 0 fully saturated rings. The lowest BCUT2D eigenvalue weighted by Crippen LogP contribution is -2.10. The number of hydrogen-bond acceptors (Lipinski definition) is 3. The zero-order valence-corrected chi connectivity index (χ0v) is 16.5. The minimum atomic E-state index is 0.0897. The van der Waals surface area contributed by atoms with E-state index in [0.717, 1.165) is 54.8 Å². The summed E-state index contributed by atoms with van der Waals surface area (Å²) in [6.45, 7) is 10.6. The van der Waals surface area contributed by atoms with E-state index < -0.39 is 0 Å². The van der Waals surface area contributed by atoms with Crippen molar-refractivity contribution in [3.8, 4) is 0 Å². The van der Waals surface area contributed by atoms with Crippen LogP contribution in [0.25, 0.3) is 5.57 Å². The van der Waals surface area contributed by atoms with Crippen LogP contribution in [-0.4, -0.2) is 11.5 Å². The molecule has 0 heterocycles. The van der Waals surface area contributed by atoms with Crippen molar-refractivity contribution < 1.29 is 8.98 Å². The van der Waals surface area contributed by atoms with E-state index in [9.17, 15) is 4.79 Å². The fraction of sp³-hybridized carbons (Fsp3) is 0.571. The molecule has 0 saturated heterocycles. The van der Waals surface area contributed by atoms with Crippen molar-refractivity contribution in [3.05, 3.63) is 40.1 Å². The fourth-order valence-electron chi connectivity index (χ4n) is 3.57. The Balaban J connectivity index is 2.37. The minimum Gasteiger partial charge on any atom is -0.429 e. The van der Waals surface area contributed by atoms with Crippen LogP contribution in [0.1, 0.15) is 68.2 Å². The van der Waals surface area contributed by atoms with Gasteiger partial charge in [-0.05, 0) is 50.3 Å². The summed E-state index contributed by atoms with van der Waals surface area (Å²) in [5.74, 6) is 2.24. The molecule has 2 nitrogen and oxygen atoms in total. The molecule has 0 aliphatic heterocycles. The molecule has 24 heavy (non-hydrogen) atoms. The van der Waals surface area contributed by atoms with Gasteiger partial charge >= 0.3 is 0 Å². The van der Waals surface area contributed by atoms with E-state index in [1.54, 1.807) is 0 Å². The second kappa shape index (κ2) is 8.75. The maximum absolute atomic E-state index is 13.0. The number of aryl methyl sites for hydroxylation is 3. The van der Waals surface area contributed by atoms with Gasteiger partial charge in [-0.3, -0.25) is 4.79 Å². The molecule has 1 aliphatic carbocycles. The van der Waals surface area contributed by atoms with Crippen molar-refractivity contribution in [1.82, 2.24) is 0 Å². The van der Waals surface area contributed by atoms with Gasteiger partial charge in [-0.2, -0.15) is 0 Å². The molecule has 0 radical (unpaired) electrons. The first-order valence-electron chi connectivity index (χ1n) is 9.14. The van der Waals surface area contributed by atoms with E-state index in [1.165, 1.54) is 28.7 Å². The summed E-state index contributed by atoms with van der Waals surface area (Å²) >= 11 is 1.50. The highest BCUT2D eigenvalue weighted by atomic mass is 32.2. The van der Waals surface area contributed by atoms with Crippen LogP contribution >= 0.6 is 12.0 Å². The fourth-order valence-corrected chi connectivity index (χ4v) is 4.35. The zero-order chi connectivity index (χ0) is 17.7. The van der Waals surface area contributed by atoms with Crippen LogP contribution in [0.3, 0.4) is 0 Å². The molecule has 1 aromatic rings. The number of unbranched alkanes of at least 4 members (excludes halogenated alkanes) is 1. The number of carbonyl (C=O) groups excluding carboxylic acids is 1. The molecule has 0 N–H and O–H groups in total. The molecule has 0 spiro atoms. The van der Waals surface area contributed by atoms with Crippen molar-refractivity contribution in [2.45, 2.75) is 66.7 Å². The summed E-state index contributed by atoms with van der Waals surface area (Å²) in [5.41, 5.74) is 5.52. The van der Waals surface area contributed by atoms with Crippen molar-refractivity contribution in [1.29, 1.82) is 0 Å². The van der Waals surface area contributed by atoms with Gasteiger partial charge in [0.1, 0.15) is 5.76 Å². The first-order chi connectivity index (χ1) is 11.5. The first kappa shape index (κ1) is 19.1. The van der Waals surface area contributed by atoms with Crippen LogP contribution in [0, 0.1) is 26.7 Å². The van der Waals surface area contributed by atoms with Crippen LogP contribution in [0.5, 0.6) is 0 Å². The smallest absolute Gasteiger partial charge is 0.170 e. The summed E-state index contributed by atoms with van der Waals surface area (Å²) in [7, 11) is 0. The maximum atomic E-state index is 13.0. The van der Waals surface area contributed by atoms with Gasteiger partial charge in [0.25, 0.3) is 0 Å². The number of rotatable bonds is 8. The van der Waals surface area contributed by atoms with Gasteiger partial charge in [-0.15, -0.1) is 0 Å². The predicted molar refractivity (Wildman–Crippen MR) is 104 cm³/mol. The topological polar surface area (TPSA) is 26.3 Å². The van der Waals surface area contributed by atoms with Crippen molar-refractivity contribution in [3.63, 3.8) is 0 Å². The average Bonchev–Trinajstić information content (AvgIpc) is 2.80. The number of carbonyl (C=O) groups is 1. The van der Waals surface area contributed by atoms with Crippen LogP contribution < -0.4 is 0 Å². The number of Topliss-reactive ketones (excluding diaryl/α,β-unsaturated/α-hetero) is 1. The average molecular weight is 347 g/mol. The highest BCUT2D eigenvalue weighted by molar-refractivity contribution is 7.94. The Morgan fingerprint density at radius 3 is 2.38 bits per heavy atom. The molecule has 2 rings (SSSR count). The quantitative estimate of drug-likeness (QED) is 0.415. The summed E-state index contributed by atoms with van der Waals surface area (Å²) in [5, 5.41) is 0. The molecule has 3 heteroatoms. The van der Waals surface area contributed by atoms with Crippen molar-refractivity contribution >= 4 is 23.4 Å². The first-order valence-corrected chi connectivity index (χ1v) is 10.1. The largest absolute Gasteiger partial charge is 0.429 e. The number of allylic oxidation sites excluding steroid dienone is 2. The SMILES string of the molecule is CCCCSOC1=C(c2c(C)cc(C)cc2C)C(=O)C(CCC)C1. The lowest BCUT2D eigenvalue weighted by molar-refractivity contribution is -0.116. The lowest BCUT2D eigenvalue weighted by Gasteiger charge is -2.14. The van der Waals surface area contributed by atoms with Crippen LogP contribution in [0.2, 0.25) is 0 Å². The molecule has 132 valence electrons. The molecule has 1 aromatic carbocycles. The third-order valence-corrected chi connectivity index (χ3v) is 5.41. The van der Waals surface area contributed by atoms with E-state index in [1.807, 2.05) is 0 Å². The van der Waals surface area contributed by atoms with Gasteiger partial charge in [-0.1, -0.05) is 44.4 Å². The predicted octanol–water partition coefficient (Wildman–Crippen LogP) is 6.18. The van der Waals surface area contributed by atoms with E-state index in [-0.39, 0.29) is 11.7 Å². The normalized spacial score (nSPS) is 17.7. The summed E-state index contributed by atoms with van der Waals surface area (Å²) in [6, 6.07) is 4.33. The summed E-state index contributed by atoms with van der Waals surface area (Å²) < 4.78 is 6.03. The third-order valence-electron chi connectivity index (χ3n) is 4.63. The van der Waals surface area contributed by atoms with Gasteiger partial charge in [0, 0.05) is 18.1 Å². The van der Waals surface area contributed by atoms with Crippen molar-refractivity contribution in [2.24, 2.45) is 5.92 Å². The standard InChI is InChI=1S/C21H30O2S/c1-6-8-10-24-23-18-13-17(9-7-2)21(22)20(18)19-15(4)11-14(3)12-16(19)5/h11-12,17H,6-10,13H2,1-5H3. The Kier molecular flexibility index (Phi) is 6.97. The number of hydrogen-bond donors (Lipinski definition) is 0. The highest BCUT2D eigenvalue weighted by Crippen LogP contribution is 2.41. The molecule has 0 bridgehead atoms. The van der Waals surface area contributed by atoms with E-state index in [4.69, 9.17) is 4.18 Å². The van der Waals surface area contributed by atoms with E-state index >= 15 is 0 Å². The maximum Gasteiger partial charge on any atom is 0.170 e.